The Morgan fingerprint density at radius 3 is 1.40 bits per heavy atom. The monoisotopic (exact) mass is 352 g/mol. The molecule has 0 saturated heterocycles. The van der Waals surface area contributed by atoms with E-state index in [1.165, 1.54) is 12.8 Å². The van der Waals surface area contributed by atoms with Gasteiger partial charge in [-0.3, -0.25) is 0 Å². The van der Waals surface area contributed by atoms with Gasteiger partial charge in [-0.1, -0.05) is 54.4 Å². The predicted molar refractivity (Wildman–Crippen MR) is 106 cm³/mol. The number of hydrogen-bond donors (Lipinski definition) is 2. The van der Waals surface area contributed by atoms with Crippen LogP contribution in [0.15, 0.2) is 0 Å². The van der Waals surface area contributed by atoms with Gasteiger partial charge < -0.3 is 10.2 Å². The highest BCUT2D eigenvalue weighted by Gasteiger charge is 2.45. The maximum Gasteiger partial charge on any atom is 0.0680 e. The first kappa shape index (κ1) is 21.2. The van der Waals surface area contributed by atoms with Crippen LogP contribution in [0, 0.1) is 35.5 Å². The third kappa shape index (κ3) is 5.01. The topological polar surface area (TPSA) is 40.5 Å². The highest BCUT2D eigenvalue weighted by molar-refractivity contribution is 4.97. The molecule has 0 unspecified atom stereocenters. The van der Waals surface area contributed by atoms with Crippen molar-refractivity contribution in [2.24, 2.45) is 35.5 Å². The third-order valence-corrected chi connectivity index (χ3v) is 7.55. The van der Waals surface area contributed by atoms with E-state index < -0.39 is 11.2 Å². The molecule has 2 nitrogen and oxygen atoms in total. The average Bonchev–Trinajstić information content (AvgIpc) is 2.45. The van der Waals surface area contributed by atoms with E-state index in [0.717, 1.165) is 44.9 Å². The van der Waals surface area contributed by atoms with Crippen molar-refractivity contribution >= 4 is 0 Å². The maximum atomic E-state index is 11.4. The van der Waals surface area contributed by atoms with Gasteiger partial charge >= 0.3 is 0 Å². The van der Waals surface area contributed by atoms with Crippen LogP contribution in [0.2, 0.25) is 0 Å². The molecule has 0 amide bonds. The second-order valence-corrected chi connectivity index (χ2v) is 10.5. The first-order chi connectivity index (χ1) is 11.6. The summed E-state index contributed by atoms with van der Waals surface area (Å²) in [5.74, 6) is 3.17. The second kappa shape index (κ2) is 8.30. The van der Waals surface area contributed by atoms with E-state index in [4.69, 9.17) is 0 Å². The normalized spacial score (nSPS) is 43.0. The van der Waals surface area contributed by atoms with Gasteiger partial charge in [-0.05, 0) is 80.5 Å². The lowest BCUT2D eigenvalue weighted by Gasteiger charge is -2.47. The summed E-state index contributed by atoms with van der Waals surface area (Å²) in [6.07, 6.45) is 9.39. The molecule has 2 rings (SSSR count). The molecule has 148 valence electrons. The molecule has 0 aliphatic heterocycles. The molecule has 2 heteroatoms. The quantitative estimate of drug-likeness (QED) is 0.634. The molecule has 2 fully saturated rings. The fraction of sp³-hybridized carbons (Fsp3) is 1.00. The highest BCUT2D eigenvalue weighted by Crippen LogP contribution is 2.47. The molecule has 0 bridgehead atoms. The van der Waals surface area contributed by atoms with Gasteiger partial charge in [-0.15, -0.1) is 0 Å². The van der Waals surface area contributed by atoms with Gasteiger partial charge in [0.25, 0.3) is 0 Å². The number of hydrogen-bond acceptors (Lipinski definition) is 2. The Morgan fingerprint density at radius 1 is 0.720 bits per heavy atom. The molecule has 25 heavy (non-hydrogen) atoms. The average molecular weight is 353 g/mol. The predicted octanol–water partition coefficient (Wildman–Crippen LogP) is 5.80. The van der Waals surface area contributed by atoms with Gasteiger partial charge in [0.15, 0.2) is 0 Å². The lowest BCUT2D eigenvalue weighted by atomic mass is 9.63. The summed E-state index contributed by atoms with van der Waals surface area (Å²) >= 11 is 0. The van der Waals surface area contributed by atoms with E-state index >= 15 is 0 Å². The van der Waals surface area contributed by atoms with Crippen molar-refractivity contribution in [1.29, 1.82) is 0 Å². The second-order valence-electron chi connectivity index (χ2n) is 10.5. The Labute approximate surface area is 156 Å². The van der Waals surface area contributed by atoms with Crippen LogP contribution in [0.4, 0.5) is 0 Å². The summed E-state index contributed by atoms with van der Waals surface area (Å²) < 4.78 is 0. The summed E-state index contributed by atoms with van der Waals surface area (Å²) in [5, 5.41) is 22.9. The molecule has 0 aromatic rings. The standard InChI is InChI=1S/C23H44O2/c1-16(2)20-10-8-18(5)14-22(20,24)12-7-13-23(25)15-19(6)9-11-21(23)17(3)4/h16-21,24-25H,7-15H2,1-6H3/t18-,19-,20+,21+,22+,23+/m1/s1. The molecule has 0 radical (unpaired) electrons. The summed E-state index contributed by atoms with van der Waals surface area (Å²) in [5.41, 5.74) is -1.04. The van der Waals surface area contributed by atoms with Crippen LogP contribution in [0.3, 0.4) is 0 Å². The molecule has 2 N–H and O–H groups in total. The van der Waals surface area contributed by atoms with Gasteiger partial charge in [0, 0.05) is 0 Å². The van der Waals surface area contributed by atoms with Crippen LogP contribution in [0.1, 0.15) is 99.3 Å². The van der Waals surface area contributed by atoms with Crippen LogP contribution >= 0.6 is 0 Å². The van der Waals surface area contributed by atoms with Gasteiger partial charge in [-0.25, -0.2) is 0 Å². The molecule has 0 aromatic carbocycles. The fourth-order valence-electron chi connectivity index (χ4n) is 6.36. The lowest BCUT2D eigenvalue weighted by Crippen LogP contribution is -2.47. The van der Waals surface area contributed by atoms with E-state index in [1.807, 2.05) is 0 Å². The summed E-state index contributed by atoms with van der Waals surface area (Å²) in [7, 11) is 0. The number of rotatable bonds is 6. The van der Waals surface area contributed by atoms with E-state index in [9.17, 15) is 10.2 Å². The zero-order valence-electron chi connectivity index (χ0n) is 17.7. The van der Waals surface area contributed by atoms with Crippen molar-refractivity contribution in [2.75, 3.05) is 0 Å². The Hall–Kier alpha value is -0.0800. The summed E-state index contributed by atoms with van der Waals surface area (Å²) in [4.78, 5) is 0. The van der Waals surface area contributed by atoms with Crippen molar-refractivity contribution < 1.29 is 10.2 Å². The van der Waals surface area contributed by atoms with E-state index in [1.54, 1.807) is 0 Å². The van der Waals surface area contributed by atoms with E-state index in [0.29, 0.717) is 35.5 Å². The molecule has 2 aliphatic carbocycles. The lowest BCUT2D eigenvalue weighted by molar-refractivity contribution is -0.106. The minimum Gasteiger partial charge on any atom is -0.390 e. The molecule has 6 atom stereocenters. The molecular formula is C23H44O2. The van der Waals surface area contributed by atoms with Crippen molar-refractivity contribution in [3.05, 3.63) is 0 Å². The SMILES string of the molecule is CC(C)[C@@H]1CC[C@@H](C)C[C@@]1(O)CCC[C@]1(O)C[C@H](C)CC[C@H]1C(C)C. The summed E-state index contributed by atoms with van der Waals surface area (Å²) in [6.45, 7) is 13.6. The Balaban J connectivity index is 2.01. The third-order valence-electron chi connectivity index (χ3n) is 7.55. The van der Waals surface area contributed by atoms with Crippen LogP contribution in [0.25, 0.3) is 0 Å². The molecule has 0 aromatic heterocycles. The van der Waals surface area contributed by atoms with Crippen molar-refractivity contribution in [1.82, 2.24) is 0 Å². The molecular weight excluding hydrogens is 308 g/mol. The largest absolute Gasteiger partial charge is 0.390 e. The van der Waals surface area contributed by atoms with Crippen molar-refractivity contribution in [3.8, 4) is 0 Å². The highest BCUT2D eigenvalue weighted by atomic mass is 16.3. The number of aliphatic hydroxyl groups is 2. The minimum atomic E-state index is -0.518. The Morgan fingerprint density at radius 2 is 1.08 bits per heavy atom. The smallest absolute Gasteiger partial charge is 0.0680 e. The van der Waals surface area contributed by atoms with Gasteiger partial charge in [0.2, 0.25) is 0 Å². The summed E-state index contributed by atoms with van der Waals surface area (Å²) in [6, 6.07) is 0. The zero-order chi connectivity index (χ0) is 18.8. The van der Waals surface area contributed by atoms with Gasteiger partial charge in [0.1, 0.15) is 0 Å². The fourth-order valence-corrected chi connectivity index (χ4v) is 6.36. The van der Waals surface area contributed by atoms with Gasteiger partial charge in [-0.2, -0.15) is 0 Å². The molecule has 0 heterocycles. The van der Waals surface area contributed by atoms with Crippen LogP contribution in [-0.2, 0) is 0 Å². The maximum absolute atomic E-state index is 11.4. The Kier molecular flexibility index (Phi) is 7.04. The van der Waals surface area contributed by atoms with Gasteiger partial charge in [0.05, 0.1) is 11.2 Å². The molecule has 0 spiro atoms. The molecule has 2 aliphatic rings. The van der Waals surface area contributed by atoms with Crippen LogP contribution in [0.5, 0.6) is 0 Å². The first-order valence-corrected chi connectivity index (χ1v) is 11.0. The minimum absolute atomic E-state index is 0.421. The Bertz CT molecular complexity index is 380. The van der Waals surface area contributed by atoms with E-state index in [2.05, 4.69) is 41.5 Å². The molecule has 2 saturated carbocycles. The zero-order valence-corrected chi connectivity index (χ0v) is 17.7. The van der Waals surface area contributed by atoms with E-state index in [-0.39, 0.29) is 0 Å². The van der Waals surface area contributed by atoms with Crippen LogP contribution < -0.4 is 0 Å². The van der Waals surface area contributed by atoms with Crippen molar-refractivity contribution in [2.45, 2.75) is 111 Å². The first-order valence-electron chi connectivity index (χ1n) is 11.0. The van der Waals surface area contributed by atoms with Crippen LogP contribution in [-0.4, -0.2) is 21.4 Å². The van der Waals surface area contributed by atoms with Crippen molar-refractivity contribution in [3.63, 3.8) is 0 Å².